The second kappa shape index (κ2) is 20.8. The SMILES string of the molecule is C#N.CC.CCC1CCC(C)O1.CO.CO.Nc1ncnn2cccc12. The second-order valence-electron chi connectivity index (χ2n) is 4.54. The number of anilines is 1. The molecule has 8 heteroatoms. The Kier molecular flexibility index (Phi) is 22.9. The Morgan fingerprint density at radius 3 is 2.23 bits per heavy atom. The van der Waals surface area contributed by atoms with Crippen molar-refractivity contribution in [2.75, 3.05) is 20.0 Å². The lowest BCUT2D eigenvalue weighted by Crippen LogP contribution is -2.05. The Morgan fingerprint density at radius 1 is 1.27 bits per heavy atom. The van der Waals surface area contributed by atoms with Crippen LogP contribution >= 0.6 is 0 Å². The minimum atomic E-state index is 0.514. The minimum absolute atomic E-state index is 0.514. The molecule has 0 spiro atoms. The molecule has 0 saturated carbocycles. The van der Waals surface area contributed by atoms with E-state index in [0.29, 0.717) is 18.0 Å². The van der Waals surface area contributed by atoms with Crippen LogP contribution in [0.1, 0.15) is 47.0 Å². The van der Waals surface area contributed by atoms with Gasteiger partial charge in [0.05, 0.1) is 12.2 Å². The van der Waals surface area contributed by atoms with Crippen molar-refractivity contribution in [3.8, 4) is 6.57 Å². The van der Waals surface area contributed by atoms with Crippen LogP contribution in [-0.4, -0.2) is 51.2 Å². The molecule has 0 amide bonds. The number of hydrogen-bond donors (Lipinski definition) is 3. The maximum Gasteiger partial charge on any atom is 0.151 e. The van der Waals surface area contributed by atoms with Crippen LogP contribution in [0.15, 0.2) is 24.7 Å². The predicted molar refractivity (Wildman–Crippen MR) is 106 cm³/mol. The lowest BCUT2D eigenvalue weighted by atomic mass is 10.2. The van der Waals surface area contributed by atoms with E-state index in [4.69, 9.17) is 25.9 Å². The lowest BCUT2D eigenvalue weighted by molar-refractivity contribution is 0.0540. The van der Waals surface area contributed by atoms with Gasteiger partial charge in [0, 0.05) is 27.0 Å². The largest absolute Gasteiger partial charge is 0.400 e. The smallest absolute Gasteiger partial charge is 0.151 e. The van der Waals surface area contributed by atoms with Crippen molar-refractivity contribution >= 4 is 11.3 Å². The number of nitrogen functional groups attached to an aromatic ring is 1. The first-order valence-electron chi connectivity index (χ1n) is 8.55. The summed E-state index contributed by atoms with van der Waals surface area (Å²) in [5.74, 6) is 0.514. The molecule has 1 aliphatic heterocycles. The van der Waals surface area contributed by atoms with E-state index in [-0.39, 0.29) is 0 Å². The molecule has 1 saturated heterocycles. The fraction of sp³-hybridized carbons (Fsp3) is 0.611. The molecule has 2 aromatic rings. The van der Waals surface area contributed by atoms with Crippen molar-refractivity contribution in [3.63, 3.8) is 0 Å². The Bertz CT molecular complexity index is 546. The number of nitrogens with zero attached hydrogens (tertiary/aromatic N) is 4. The number of aliphatic hydroxyl groups is 2. The van der Waals surface area contributed by atoms with Gasteiger partial charge < -0.3 is 20.7 Å². The van der Waals surface area contributed by atoms with Crippen LogP contribution in [0.2, 0.25) is 0 Å². The highest BCUT2D eigenvalue weighted by Crippen LogP contribution is 2.20. The minimum Gasteiger partial charge on any atom is -0.400 e. The number of ether oxygens (including phenoxy) is 1. The van der Waals surface area contributed by atoms with Crippen LogP contribution in [0, 0.1) is 11.8 Å². The maximum atomic E-state index is 7.00. The number of nitriles is 1. The first-order chi connectivity index (χ1) is 12.7. The van der Waals surface area contributed by atoms with Gasteiger partial charge in [-0.25, -0.2) is 14.8 Å². The van der Waals surface area contributed by atoms with E-state index < -0.39 is 0 Å². The van der Waals surface area contributed by atoms with Crippen molar-refractivity contribution in [2.45, 2.75) is 59.2 Å². The molecule has 0 aliphatic carbocycles. The molecule has 0 radical (unpaired) electrons. The molecular formula is C18H35N5O3. The van der Waals surface area contributed by atoms with Crippen molar-refractivity contribution in [3.05, 3.63) is 24.7 Å². The molecule has 8 nitrogen and oxygen atoms in total. The van der Waals surface area contributed by atoms with E-state index in [1.54, 1.807) is 4.52 Å². The summed E-state index contributed by atoms with van der Waals surface area (Å²) in [5, 5.41) is 24.4. The summed E-state index contributed by atoms with van der Waals surface area (Å²) >= 11 is 0. The van der Waals surface area contributed by atoms with Gasteiger partial charge in [0.15, 0.2) is 5.82 Å². The third-order valence-corrected chi connectivity index (χ3v) is 3.14. The fourth-order valence-electron chi connectivity index (χ4n) is 2.07. The number of aromatic nitrogens is 3. The standard InChI is InChI=1S/C7H14O.C6H6N4.C2H6.CHN.2CH4O/c1-3-7-5-4-6(2)8-7;7-6-5-2-1-3-10(5)9-4-8-6;4*1-2/h6-7H,3-5H2,1-2H3;1-4H,(H2,7,8,9);1-2H3;1H;2*2H,1H3. The summed E-state index contributed by atoms with van der Waals surface area (Å²) in [4.78, 5) is 3.83. The Balaban J connectivity index is -0.000000299. The topological polar surface area (TPSA) is 130 Å². The van der Waals surface area contributed by atoms with E-state index in [9.17, 15) is 0 Å². The highest BCUT2D eigenvalue weighted by Gasteiger charge is 2.18. The van der Waals surface area contributed by atoms with E-state index in [0.717, 1.165) is 19.7 Å². The number of rotatable bonds is 1. The molecular weight excluding hydrogens is 334 g/mol. The average molecular weight is 370 g/mol. The Hall–Kier alpha value is -2.21. The first-order valence-corrected chi connectivity index (χ1v) is 8.55. The van der Waals surface area contributed by atoms with Crippen LogP contribution in [-0.2, 0) is 4.74 Å². The molecule has 1 fully saturated rings. The normalized spacial score (nSPS) is 16.5. The van der Waals surface area contributed by atoms with Gasteiger partial charge in [-0.1, -0.05) is 20.8 Å². The summed E-state index contributed by atoms with van der Waals surface area (Å²) in [6.45, 7) is 11.8. The van der Waals surface area contributed by atoms with Gasteiger partial charge in [-0.15, -0.1) is 0 Å². The van der Waals surface area contributed by atoms with Crippen LogP contribution in [0.25, 0.3) is 5.52 Å². The summed E-state index contributed by atoms with van der Waals surface area (Å²) < 4.78 is 7.19. The Labute approximate surface area is 157 Å². The fourth-order valence-corrected chi connectivity index (χ4v) is 2.07. The zero-order chi connectivity index (χ0) is 21.0. The summed E-state index contributed by atoms with van der Waals surface area (Å²) in [6.07, 6.45) is 8.08. The van der Waals surface area contributed by atoms with Crippen molar-refractivity contribution in [1.82, 2.24) is 14.6 Å². The van der Waals surface area contributed by atoms with Gasteiger partial charge in [0.1, 0.15) is 11.8 Å². The molecule has 1 aliphatic rings. The van der Waals surface area contributed by atoms with Gasteiger partial charge in [0.25, 0.3) is 0 Å². The zero-order valence-corrected chi connectivity index (χ0v) is 16.8. The van der Waals surface area contributed by atoms with Gasteiger partial charge >= 0.3 is 0 Å². The maximum absolute atomic E-state index is 7.00. The highest BCUT2D eigenvalue weighted by molar-refractivity contribution is 5.63. The van der Waals surface area contributed by atoms with Crippen LogP contribution in [0.5, 0.6) is 0 Å². The first kappa shape index (κ1) is 28.6. The monoisotopic (exact) mass is 369 g/mol. The number of fused-ring (bicyclic) bond motifs is 1. The number of aliphatic hydroxyl groups excluding tert-OH is 2. The zero-order valence-electron chi connectivity index (χ0n) is 16.8. The molecule has 3 rings (SSSR count). The molecule has 2 atom stereocenters. The highest BCUT2D eigenvalue weighted by atomic mass is 16.5. The van der Waals surface area contributed by atoms with Crippen molar-refractivity contribution < 1.29 is 14.9 Å². The van der Waals surface area contributed by atoms with E-state index in [1.165, 1.54) is 25.6 Å². The molecule has 0 aromatic carbocycles. The van der Waals surface area contributed by atoms with Gasteiger partial charge in [0.2, 0.25) is 0 Å². The van der Waals surface area contributed by atoms with E-state index >= 15 is 0 Å². The molecule has 26 heavy (non-hydrogen) atoms. The molecule has 2 unspecified atom stereocenters. The molecule has 0 bridgehead atoms. The van der Waals surface area contributed by atoms with Gasteiger partial charge in [-0.05, 0) is 38.3 Å². The summed E-state index contributed by atoms with van der Waals surface area (Å²) in [7, 11) is 2.00. The van der Waals surface area contributed by atoms with Crippen LogP contribution in [0.4, 0.5) is 5.82 Å². The summed E-state index contributed by atoms with van der Waals surface area (Å²) in [5.41, 5.74) is 6.38. The van der Waals surface area contributed by atoms with Gasteiger partial charge in [-0.3, -0.25) is 0 Å². The predicted octanol–water partition coefficient (Wildman–Crippen LogP) is 2.66. The number of nitrogens with two attached hydrogens (primary N) is 1. The third-order valence-electron chi connectivity index (χ3n) is 3.14. The Morgan fingerprint density at radius 2 is 1.85 bits per heavy atom. The molecule has 150 valence electrons. The average Bonchev–Trinajstić information content (AvgIpc) is 3.38. The van der Waals surface area contributed by atoms with E-state index in [2.05, 4.69) is 30.5 Å². The van der Waals surface area contributed by atoms with Crippen molar-refractivity contribution in [1.29, 1.82) is 5.26 Å². The van der Waals surface area contributed by atoms with Crippen LogP contribution in [0.3, 0.4) is 0 Å². The second-order valence-corrected chi connectivity index (χ2v) is 4.54. The lowest BCUT2D eigenvalue weighted by Gasteiger charge is -2.05. The third kappa shape index (κ3) is 11.4. The number of hydrogen-bond acceptors (Lipinski definition) is 7. The molecule has 3 heterocycles. The van der Waals surface area contributed by atoms with E-state index in [1.807, 2.05) is 32.2 Å². The van der Waals surface area contributed by atoms with Gasteiger partial charge in [-0.2, -0.15) is 5.10 Å². The molecule has 2 aromatic heterocycles. The quantitative estimate of drug-likeness (QED) is 0.704. The summed E-state index contributed by atoms with van der Waals surface area (Å²) in [6, 6.07) is 3.75. The van der Waals surface area contributed by atoms with Crippen molar-refractivity contribution in [2.24, 2.45) is 0 Å². The molecule has 4 N–H and O–H groups in total. The van der Waals surface area contributed by atoms with Crippen LogP contribution < -0.4 is 5.73 Å².